The van der Waals surface area contributed by atoms with Crippen LogP contribution in [0.15, 0.2) is 18.2 Å². The molecule has 0 bridgehead atoms. The first-order chi connectivity index (χ1) is 12.3. The summed E-state index contributed by atoms with van der Waals surface area (Å²) in [4.78, 5) is 27.8. The van der Waals surface area contributed by atoms with Crippen LogP contribution in [-0.4, -0.2) is 60.4 Å². The summed E-state index contributed by atoms with van der Waals surface area (Å²) in [6, 6.07) is 4.03. The Kier molecular flexibility index (Phi) is 7.37. The average molecular weight is 385 g/mol. The lowest BCUT2D eigenvalue weighted by atomic mass is 10.1. The van der Waals surface area contributed by atoms with Gasteiger partial charge in [0, 0.05) is 43.3 Å². The number of nitrogens with one attached hydrogen (secondary N) is 1. The Labute approximate surface area is 158 Å². The number of carbonyl (C=O) groups is 2. The van der Waals surface area contributed by atoms with Crippen molar-refractivity contribution in [3.8, 4) is 0 Å². The van der Waals surface area contributed by atoms with E-state index in [0.29, 0.717) is 43.3 Å². The minimum absolute atomic E-state index is 0.0128. The fourth-order valence-electron chi connectivity index (χ4n) is 2.76. The average Bonchev–Trinajstić information content (AvgIpc) is 2.62. The van der Waals surface area contributed by atoms with Gasteiger partial charge >= 0.3 is 0 Å². The van der Waals surface area contributed by atoms with Crippen LogP contribution < -0.4 is 11.1 Å². The molecule has 0 aliphatic carbocycles. The zero-order chi connectivity index (χ0) is 19.3. The summed E-state index contributed by atoms with van der Waals surface area (Å²) in [6.45, 7) is 6.35. The lowest BCUT2D eigenvalue weighted by Gasteiger charge is -2.35. The van der Waals surface area contributed by atoms with Crippen molar-refractivity contribution >= 4 is 23.4 Å². The van der Waals surface area contributed by atoms with E-state index < -0.39 is 6.04 Å². The van der Waals surface area contributed by atoms with E-state index in [1.807, 2.05) is 13.8 Å². The lowest BCUT2D eigenvalue weighted by Crippen LogP contribution is -2.52. The summed E-state index contributed by atoms with van der Waals surface area (Å²) < 4.78 is 13.9. The Morgan fingerprint density at radius 3 is 2.50 bits per heavy atom. The van der Waals surface area contributed by atoms with Crippen LogP contribution in [0.4, 0.5) is 4.39 Å². The highest BCUT2D eigenvalue weighted by atomic mass is 35.5. The molecule has 1 aromatic carbocycles. The summed E-state index contributed by atoms with van der Waals surface area (Å²) in [5.41, 5.74) is 6.23. The predicted octanol–water partition coefficient (Wildman–Crippen LogP) is 1.22. The zero-order valence-electron chi connectivity index (χ0n) is 15.2. The summed E-state index contributed by atoms with van der Waals surface area (Å²) >= 11 is 6.06. The molecular weight excluding hydrogens is 359 g/mol. The molecule has 1 aliphatic rings. The van der Waals surface area contributed by atoms with Crippen LogP contribution in [0.25, 0.3) is 0 Å². The molecule has 2 amide bonds. The van der Waals surface area contributed by atoms with Crippen molar-refractivity contribution in [3.05, 3.63) is 34.6 Å². The van der Waals surface area contributed by atoms with Crippen molar-refractivity contribution < 1.29 is 14.0 Å². The number of amides is 2. The maximum Gasteiger partial charge on any atom is 0.242 e. The zero-order valence-corrected chi connectivity index (χ0v) is 15.9. The Morgan fingerprint density at radius 2 is 1.92 bits per heavy atom. The normalized spacial score (nSPS) is 16.6. The van der Waals surface area contributed by atoms with Gasteiger partial charge in [0.2, 0.25) is 11.8 Å². The van der Waals surface area contributed by atoms with Crippen LogP contribution in [-0.2, 0) is 16.1 Å². The molecule has 0 unspecified atom stereocenters. The van der Waals surface area contributed by atoms with Gasteiger partial charge in [-0.25, -0.2) is 4.39 Å². The Bertz CT molecular complexity index is 628. The monoisotopic (exact) mass is 384 g/mol. The molecule has 1 aromatic rings. The summed E-state index contributed by atoms with van der Waals surface area (Å²) in [5.74, 6) is -0.766. The van der Waals surface area contributed by atoms with Crippen molar-refractivity contribution in [2.75, 3.05) is 32.7 Å². The number of rotatable bonds is 6. The third-order valence-electron chi connectivity index (χ3n) is 4.60. The molecule has 1 saturated heterocycles. The van der Waals surface area contributed by atoms with Crippen LogP contribution in [0.1, 0.15) is 19.4 Å². The molecule has 2 rings (SSSR count). The van der Waals surface area contributed by atoms with Crippen LogP contribution in [0.2, 0.25) is 5.02 Å². The van der Waals surface area contributed by atoms with Gasteiger partial charge in [-0.2, -0.15) is 0 Å². The number of nitrogens with two attached hydrogens (primary N) is 1. The van der Waals surface area contributed by atoms with Gasteiger partial charge in [-0.05, 0) is 18.1 Å². The molecule has 0 saturated carbocycles. The number of halogens is 2. The van der Waals surface area contributed by atoms with E-state index in [1.54, 1.807) is 17.0 Å². The van der Waals surface area contributed by atoms with E-state index in [9.17, 15) is 14.0 Å². The van der Waals surface area contributed by atoms with E-state index in [4.69, 9.17) is 17.3 Å². The second kappa shape index (κ2) is 9.30. The minimum Gasteiger partial charge on any atom is -0.346 e. The molecule has 3 N–H and O–H groups in total. The maximum atomic E-state index is 13.9. The predicted molar refractivity (Wildman–Crippen MR) is 99.1 cm³/mol. The number of nitrogens with zero attached hydrogens (tertiary/aromatic N) is 2. The molecular formula is C18H26ClFN4O2. The largest absolute Gasteiger partial charge is 0.346 e. The number of hydrogen-bond acceptors (Lipinski definition) is 4. The minimum atomic E-state index is -0.620. The first-order valence-electron chi connectivity index (χ1n) is 8.76. The SMILES string of the molecule is CC(C)[C@H](N)C(=O)NCC(=O)N1CCN(Cc2c(F)cccc2Cl)CC1. The second-order valence-electron chi connectivity index (χ2n) is 6.84. The summed E-state index contributed by atoms with van der Waals surface area (Å²) in [7, 11) is 0. The highest BCUT2D eigenvalue weighted by molar-refractivity contribution is 6.31. The first-order valence-corrected chi connectivity index (χ1v) is 9.13. The third kappa shape index (κ3) is 5.40. The van der Waals surface area contributed by atoms with Gasteiger partial charge in [0.1, 0.15) is 5.82 Å². The van der Waals surface area contributed by atoms with Crippen LogP contribution in [0, 0.1) is 11.7 Å². The van der Waals surface area contributed by atoms with Gasteiger partial charge in [-0.15, -0.1) is 0 Å². The fraction of sp³-hybridized carbons (Fsp3) is 0.556. The highest BCUT2D eigenvalue weighted by Crippen LogP contribution is 2.21. The molecule has 1 heterocycles. The number of piperazine rings is 1. The van der Waals surface area contributed by atoms with Gasteiger partial charge < -0.3 is 16.0 Å². The highest BCUT2D eigenvalue weighted by Gasteiger charge is 2.24. The third-order valence-corrected chi connectivity index (χ3v) is 4.96. The van der Waals surface area contributed by atoms with Crippen LogP contribution >= 0.6 is 11.6 Å². The molecule has 0 spiro atoms. The lowest BCUT2D eigenvalue weighted by molar-refractivity contribution is -0.134. The maximum absolute atomic E-state index is 13.9. The van der Waals surface area contributed by atoms with Crippen molar-refractivity contribution in [3.63, 3.8) is 0 Å². The van der Waals surface area contributed by atoms with E-state index in [2.05, 4.69) is 10.2 Å². The van der Waals surface area contributed by atoms with Gasteiger partial charge in [0.15, 0.2) is 0 Å². The van der Waals surface area contributed by atoms with E-state index in [0.717, 1.165) is 0 Å². The van der Waals surface area contributed by atoms with Gasteiger partial charge in [-0.3, -0.25) is 14.5 Å². The second-order valence-corrected chi connectivity index (χ2v) is 7.25. The van der Waals surface area contributed by atoms with Crippen LogP contribution in [0.5, 0.6) is 0 Å². The summed E-state index contributed by atoms with van der Waals surface area (Å²) in [6.07, 6.45) is 0. The topological polar surface area (TPSA) is 78.7 Å². The van der Waals surface area contributed by atoms with Crippen molar-refractivity contribution in [2.24, 2.45) is 11.7 Å². The van der Waals surface area contributed by atoms with E-state index in [1.165, 1.54) is 6.07 Å². The molecule has 0 radical (unpaired) electrons. The Morgan fingerprint density at radius 1 is 1.27 bits per heavy atom. The molecule has 1 aliphatic heterocycles. The first kappa shape index (κ1) is 20.6. The molecule has 8 heteroatoms. The molecule has 26 heavy (non-hydrogen) atoms. The van der Waals surface area contributed by atoms with Crippen molar-refractivity contribution in [1.82, 2.24) is 15.1 Å². The Balaban J connectivity index is 1.79. The quantitative estimate of drug-likeness (QED) is 0.773. The standard InChI is InChI=1S/C18H26ClFN4O2/c1-12(2)17(21)18(26)22-10-16(25)24-8-6-23(7-9-24)11-13-14(19)4-3-5-15(13)20/h3-5,12,17H,6-11,21H2,1-2H3,(H,22,26)/t17-/m0/s1. The molecule has 144 valence electrons. The number of carbonyl (C=O) groups excluding carboxylic acids is 2. The van der Waals surface area contributed by atoms with Crippen molar-refractivity contribution in [2.45, 2.75) is 26.4 Å². The fourth-order valence-corrected chi connectivity index (χ4v) is 2.98. The molecule has 1 atom stereocenters. The molecule has 0 aromatic heterocycles. The van der Waals surface area contributed by atoms with Gasteiger partial charge in [0.25, 0.3) is 0 Å². The van der Waals surface area contributed by atoms with Crippen LogP contribution in [0.3, 0.4) is 0 Å². The van der Waals surface area contributed by atoms with Gasteiger partial charge in [-0.1, -0.05) is 31.5 Å². The van der Waals surface area contributed by atoms with E-state index in [-0.39, 0.29) is 30.1 Å². The number of benzene rings is 1. The smallest absolute Gasteiger partial charge is 0.242 e. The number of hydrogen-bond donors (Lipinski definition) is 2. The molecule has 6 nitrogen and oxygen atoms in total. The van der Waals surface area contributed by atoms with E-state index >= 15 is 0 Å². The Hall–Kier alpha value is -1.70. The van der Waals surface area contributed by atoms with Crippen molar-refractivity contribution in [1.29, 1.82) is 0 Å². The molecule has 1 fully saturated rings. The van der Waals surface area contributed by atoms with Gasteiger partial charge in [0.05, 0.1) is 12.6 Å². The summed E-state index contributed by atoms with van der Waals surface area (Å²) in [5, 5.41) is 3.00.